The third-order valence-electron chi connectivity index (χ3n) is 4.54. The number of nitrogens with zero attached hydrogens (tertiary/aromatic N) is 2. The first-order chi connectivity index (χ1) is 13.9. The minimum Gasteiger partial charge on any atom is -0.393 e. The van der Waals surface area contributed by atoms with Crippen LogP contribution in [0, 0.1) is 5.41 Å². The number of thiophene rings is 1. The number of pyridine rings is 2. The lowest BCUT2D eigenvalue weighted by Gasteiger charge is -2.08. The topological polar surface area (TPSA) is 79.0 Å². The van der Waals surface area contributed by atoms with Gasteiger partial charge < -0.3 is 10.5 Å². The first kappa shape index (κ1) is 19.5. The van der Waals surface area contributed by atoms with Crippen LogP contribution in [-0.2, 0) is 0 Å². The van der Waals surface area contributed by atoms with E-state index in [0.717, 1.165) is 15.8 Å². The zero-order valence-electron chi connectivity index (χ0n) is 15.6. The number of aromatic nitrogens is 2. The molecule has 4 aromatic rings. The van der Waals surface area contributed by atoms with E-state index in [1.54, 1.807) is 36.0 Å². The number of fused-ring (bicyclic) bond motifs is 1. The van der Waals surface area contributed by atoms with Crippen molar-refractivity contribution in [1.29, 1.82) is 5.41 Å². The van der Waals surface area contributed by atoms with E-state index >= 15 is 0 Å². The van der Waals surface area contributed by atoms with Crippen LogP contribution in [0.3, 0.4) is 0 Å². The Labute approximate surface area is 176 Å². The Kier molecular flexibility index (Phi) is 5.32. The van der Waals surface area contributed by atoms with Crippen molar-refractivity contribution >= 4 is 38.7 Å². The number of aliphatic hydroxyl groups is 1. The summed E-state index contributed by atoms with van der Waals surface area (Å²) in [6.07, 6.45) is 2.96. The smallest absolute Gasteiger partial charge is 0.273 e. The van der Waals surface area contributed by atoms with Crippen molar-refractivity contribution in [3.63, 3.8) is 0 Å². The molecule has 2 N–H and O–H groups in total. The van der Waals surface area contributed by atoms with Crippen LogP contribution in [0.15, 0.2) is 65.7 Å². The molecule has 0 aliphatic rings. The van der Waals surface area contributed by atoms with Gasteiger partial charge >= 0.3 is 0 Å². The Morgan fingerprint density at radius 1 is 1.24 bits per heavy atom. The SMILES string of the molecule is C[C@H](O)CC(=N)c1ccc(-n2ccc3cc(-c4ccc(Cl)cc4)sc3c2=O)cn1. The summed E-state index contributed by atoms with van der Waals surface area (Å²) in [5.41, 5.74) is 2.29. The van der Waals surface area contributed by atoms with Crippen molar-refractivity contribution in [1.82, 2.24) is 9.55 Å². The number of rotatable bonds is 5. The lowest BCUT2D eigenvalue weighted by molar-refractivity contribution is 0.203. The molecule has 0 aliphatic heterocycles. The second-order valence-electron chi connectivity index (χ2n) is 6.83. The number of hydrogen-bond donors (Lipinski definition) is 2. The van der Waals surface area contributed by atoms with E-state index in [9.17, 15) is 9.90 Å². The first-order valence-corrected chi connectivity index (χ1v) is 10.3. The molecule has 0 unspecified atom stereocenters. The fourth-order valence-electron chi connectivity index (χ4n) is 3.09. The van der Waals surface area contributed by atoms with E-state index in [2.05, 4.69) is 4.98 Å². The molecule has 29 heavy (non-hydrogen) atoms. The van der Waals surface area contributed by atoms with Crippen molar-refractivity contribution in [3.8, 4) is 16.1 Å². The van der Waals surface area contributed by atoms with Gasteiger partial charge in [0.15, 0.2) is 0 Å². The molecule has 1 aromatic carbocycles. The van der Waals surface area contributed by atoms with Gasteiger partial charge in [0, 0.05) is 27.9 Å². The minimum atomic E-state index is -0.595. The molecule has 0 bridgehead atoms. The second-order valence-corrected chi connectivity index (χ2v) is 8.31. The van der Waals surface area contributed by atoms with Crippen molar-refractivity contribution in [2.75, 3.05) is 0 Å². The fourth-order valence-corrected chi connectivity index (χ4v) is 4.31. The predicted molar refractivity (Wildman–Crippen MR) is 119 cm³/mol. The minimum absolute atomic E-state index is 0.110. The van der Waals surface area contributed by atoms with Crippen molar-refractivity contribution in [2.24, 2.45) is 0 Å². The van der Waals surface area contributed by atoms with Crippen molar-refractivity contribution in [2.45, 2.75) is 19.4 Å². The number of benzene rings is 1. The van der Waals surface area contributed by atoms with Crippen LogP contribution in [-0.4, -0.2) is 26.5 Å². The first-order valence-electron chi connectivity index (χ1n) is 9.06. The van der Waals surface area contributed by atoms with Gasteiger partial charge in [0.05, 0.1) is 29.4 Å². The van der Waals surface area contributed by atoms with Crippen LogP contribution in [0.2, 0.25) is 5.02 Å². The molecular weight excluding hydrogens is 406 g/mol. The van der Waals surface area contributed by atoms with Crippen LogP contribution in [0.4, 0.5) is 0 Å². The molecule has 4 rings (SSSR count). The van der Waals surface area contributed by atoms with Gasteiger partial charge in [-0.15, -0.1) is 11.3 Å². The second kappa shape index (κ2) is 7.91. The largest absolute Gasteiger partial charge is 0.393 e. The standard InChI is InChI=1S/C22H18ClN3O2S/c1-13(27)10-18(24)19-7-6-17(12-25-19)26-9-8-15-11-20(29-21(15)22(26)28)14-2-4-16(23)5-3-14/h2-9,11-13,24,27H,10H2,1H3/t13-/m0/s1. The summed E-state index contributed by atoms with van der Waals surface area (Å²) in [6, 6.07) is 14.9. The molecule has 0 aliphatic carbocycles. The Bertz CT molecular complexity index is 1240. The Morgan fingerprint density at radius 2 is 2.00 bits per heavy atom. The van der Waals surface area contributed by atoms with Crippen molar-refractivity contribution in [3.05, 3.63) is 82.0 Å². The summed E-state index contributed by atoms with van der Waals surface area (Å²) in [5, 5.41) is 19.0. The maximum absolute atomic E-state index is 13.0. The van der Waals surface area contributed by atoms with Crippen LogP contribution < -0.4 is 5.56 Å². The van der Waals surface area contributed by atoms with Crippen molar-refractivity contribution < 1.29 is 5.11 Å². The van der Waals surface area contributed by atoms with E-state index in [1.807, 2.05) is 36.4 Å². The summed E-state index contributed by atoms with van der Waals surface area (Å²) in [5.74, 6) is 0. The van der Waals surface area contributed by atoms with Gasteiger partial charge in [-0.25, -0.2) is 0 Å². The summed E-state index contributed by atoms with van der Waals surface area (Å²) in [4.78, 5) is 18.3. The maximum Gasteiger partial charge on any atom is 0.273 e. The van der Waals surface area contributed by atoms with Gasteiger partial charge in [0.1, 0.15) is 4.70 Å². The fraction of sp³-hybridized carbons (Fsp3) is 0.136. The molecule has 0 saturated heterocycles. The summed E-state index contributed by atoms with van der Waals surface area (Å²) >= 11 is 7.41. The van der Waals surface area contributed by atoms with Gasteiger partial charge in [-0.05, 0) is 48.9 Å². The third-order valence-corrected chi connectivity index (χ3v) is 5.98. The third kappa shape index (κ3) is 4.00. The molecule has 3 aromatic heterocycles. The molecule has 0 radical (unpaired) electrons. The average Bonchev–Trinajstić information content (AvgIpc) is 3.14. The Morgan fingerprint density at radius 3 is 2.66 bits per heavy atom. The van der Waals surface area contributed by atoms with Crippen LogP contribution in [0.25, 0.3) is 26.2 Å². The number of halogens is 1. The predicted octanol–water partition coefficient (Wildman–Crippen LogP) is 4.91. The van der Waals surface area contributed by atoms with Crippen LogP contribution in [0.1, 0.15) is 19.0 Å². The van der Waals surface area contributed by atoms with Gasteiger partial charge in [-0.1, -0.05) is 23.7 Å². The highest BCUT2D eigenvalue weighted by atomic mass is 35.5. The number of nitrogens with one attached hydrogen (secondary N) is 1. The van der Waals surface area contributed by atoms with E-state index in [-0.39, 0.29) is 17.7 Å². The molecule has 1 atom stereocenters. The molecule has 7 heteroatoms. The zero-order chi connectivity index (χ0) is 20.5. The highest BCUT2D eigenvalue weighted by molar-refractivity contribution is 7.22. The molecule has 3 heterocycles. The zero-order valence-corrected chi connectivity index (χ0v) is 17.2. The monoisotopic (exact) mass is 423 g/mol. The number of aliphatic hydroxyl groups excluding tert-OH is 1. The molecular formula is C22H18ClN3O2S. The van der Waals surface area contributed by atoms with Gasteiger partial charge in [-0.2, -0.15) is 0 Å². The number of hydrogen-bond acceptors (Lipinski definition) is 5. The lowest BCUT2D eigenvalue weighted by Crippen LogP contribution is -2.17. The Balaban J connectivity index is 1.70. The van der Waals surface area contributed by atoms with Gasteiger partial charge in [0.25, 0.3) is 5.56 Å². The normalized spacial score (nSPS) is 12.2. The lowest BCUT2D eigenvalue weighted by atomic mass is 10.1. The van der Waals surface area contributed by atoms with E-state index in [0.29, 0.717) is 21.1 Å². The van der Waals surface area contributed by atoms with E-state index < -0.39 is 6.10 Å². The molecule has 0 saturated carbocycles. The molecule has 5 nitrogen and oxygen atoms in total. The summed E-state index contributed by atoms with van der Waals surface area (Å²) < 4.78 is 2.22. The van der Waals surface area contributed by atoms with E-state index in [4.69, 9.17) is 17.0 Å². The highest BCUT2D eigenvalue weighted by Gasteiger charge is 2.12. The van der Waals surface area contributed by atoms with Crippen LogP contribution >= 0.6 is 22.9 Å². The quantitative estimate of drug-likeness (QED) is 0.448. The highest BCUT2D eigenvalue weighted by Crippen LogP contribution is 2.32. The Hall–Kier alpha value is -2.80. The molecule has 0 spiro atoms. The average molecular weight is 424 g/mol. The molecule has 0 fully saturated rings. The summed E-state index contributed by atoms with van der Waals surface area (Å²) in [6.45, 7) is 1.64. The van der Waals surface area contributed by atoms with Crippen LogP contribution in [0.5, 0.6) is 0 Å². The maximum atomic E-state index is 13.0. The molecule has 0 amide bonds. The summed E-state index contributed by atoms with van der Waals surface area (Å²) in [7, 11) is 0. The van der Waals surface area contributed by atoms with Gasteiger partial charge in [-0.3, -0.25) is 14.3 Å². The molecule has 146 valence electrons. The van der Waals surface area contributed by atoms with Gasteiger partial charge in [0.2, 0.25) is 0 Å². The van der Waals surface area contributed by atoms with E-state index in [1.165, 1.54) is 11.3 Å².